The minimum absolute atomic E-state index is 0.185. The summed E-state index contributed by atoms with van der Waals surface area (Å²) in [5.41, 5.74) is 6.89. The molecule has 0 aliphatic carbocycles. The zero-order valence-corrected chi connectivity index (χ0v) is 12.5. The van der Waals surface area contributed by atoms with Crippen molar-refractivity contribution in [1.82, 2.24) is 0 Å². The smallest absolute Gasteiger partial charge is 0.337 e. The van der Waals surface area contributed by atoms with E-state index < -0.39 is 18.2 Å². The van der Waals surface area contributed by atoms with E-state index in [1.807, 2.05) is 0 Å². The minimum Gasteiger partial charge on any atom is -0.467 e. The number of benzene rings is 2. The molecule has 2 atom stereocenters. The van der Waals surface area contributed by atoms with Crippen LogP contribution in [0.4, 0.5) is 5.69 Å². The van der Waals surface area contributed by atoms with Gasteiger partial charge in [0.25, 0.3) is 0 Å². The number of hydrogen-bond donors (Lipinski definition) is 3. The van der Waals surface area contributed by atoms with Crippen LogP contribution in [0, 0.1) is 0 Å². The summed E-state index contributed by atoms with van der Waals surface area (Å²) < 4.78 is 4.38. The van der Waals surface area contributed by atoms with Gasteiger partial charge in [-0.05, 0) is 17.7 Å². The first-order valence-corrected chi connectivity index (χ1v) is 6.89. The average molecular weight is 315 g/mol. The number of hydrogen-bond acceptors (Lipinski definition) is 6. The maximum atomic E-state index is 12.5. The Bertz CT molecular complexity index is 714. The molecular weight excluding hydrogens is 298 g/mol. The molecule has 2 aromatic carbocycles. The van der Waals surface area contributed by atoms with Crippen LogP contribution in [0.2, 0.25) is 0 Å². The van der Waals surface area contributed by atoms with Crippen LogP contribution >= 0.6 is 0 Å². The van der Waals surface area contributed by atoms with Crippen molar-refractivity contribution in [2.75, 3.05) is 12.8 Å². The monoisotopic (exact) mass is 315 g/mol. The van der Waals surface area contributed by atoms with E-state index in [0.29, 0.717) is 5.56 Å². The number of esters is 1. The van der Waals surface area contributed by atoms with Crippen LogP contribution in [0.15, 0.2) is 48.5 Å². The molecule has 0 fully saturated rings. The van der Waals surface area contributed by atoms with Crippen LogP contribution in [0.3, 0.4) is 0 Å². The summed E-state index contributed by atoms with van der Waals surface area (Å²) >= 11 is 0. The molecule has 0 heterocycles. The number of nitrogen functional groups attached to an aromatic ring is 1. The van der Waals surface area contributed by atoms with Crippen molar-refractivity contribution >= 4 is 17.4 Å². The van der Waals surface area contributed by atoms with Crippen molar-refractivity contribution in [3.8, 4) is 0 Å². The lowest BCUT2D eigenvalue weighted by Crippen LogP contribution is -2.29. The molecule has 2 aromatic rings. The van der Waals surface area contributed by atoms with Crippen molar-refractivity contribution in [2.24, 2.45) is 0 Å². The van der Waals surface area contributed by atoms with Gasteiger partial charge in [0.15, 0.2) is 11.9 Å². The molecule has 0 saturated carbocycles. The Hall–Kier alpha value is -2.70. The van der Waals surface area contributed by atoms with Gasteiger partial charge in [0, 0.05) is 16.8 Å². The molecule has 6 nitrogen and oxygen atoms in total. The van der Waals surface area contributed by atoms with Gasteiger partial charge in [-0.2, -0.15) is 0 Å². The van der Waals surface area contributed by atoms with E-state index in [4.69, 9.17) is 5.73 Å². The molecule has 0 bridgehead atoms. The number of carbonyl (C=O) groups excluding carboxylic acids is 2. The molecule has 0 amide bonds. The molecule has 0 radical (unpaired) electrons. The number of rotatable bonds is 5. The summed E-state index contributed by atoms with van der Waals surface area (Å²) in [4.78, 5) is 23.8. The Morgan fingerprint density at radius 2 is 1.74 bits per heavy atom. The highest BCUT2D eigenvalue weighted by Gasteiger charge is 2.27. The number of anilines is 1. The van der Waals surface area contributed by atoms with Gasteiger partial charge < -0.3 is 20.7 Å². The largest absolute Gasteiger partial charge is 0.467 e. The van der Waals surface area contributed by atoms with Gasteiger partial charge in [-0.1, -0.05) is 36.4 Å². The number of aliphatic hydroxyl groups is 2. The highest BCUT2D eigenvalue weighted by molar-refractivity contribution is 6.12. The number of methoxy groups -OCH3 is 1. The Labute approximate surface area is 133 Å². The van der Waals surface area contributed by atoms with E-state index in [-0.39, 0.29) is 22.6 Å². The van der Waals surface area contributed by atoms with Gasteiger partial charge in [0.2, 0.25) is 0 Å². The number of ketones is 1. The number of ether oxygens (including phenoxy) is 1. The number of nitrogens with two attached hydrogens (primary N) is 1. The van der Waals surface area contributed by atoms with Gasteiger partial charge in [-0.15, -0.1) is 0 Å². The van der Waals surface area contributed by atoms with Crippen LogP contribution in [0.1, 0.15) is 27.6 Å². The molecule has 120 valence electrons. The summed E-state index contributed by atoms with van der Waals surface area (Å²) in [6, 6.07) is 12.8. The zero-order valence-electron chi connectivity index (χ0n) is 12.5. The van der Waals surface area contributed by atoms with E-state index in [1.54, 1.807) is 30.3 Å². The summed E-state index contributed by atoms with van der Waals surface area (Å²) in [6.07, 6.45) is -3.27. The van der Waals surface area contributed by atoms with Crippen molar-refractivity contribution in [3.63, 3.8) is 0 Å². The van der Waals surface area contributed by atoms with Crippen LogP contribution in [0.5, 0.6) is 0 Å². The fourth-order valence-electron chi connectivity index (χ4n) is 2.13. The Morgan fingerprint density at radius 3 is 2.35 bits per heavy atom. The third-order valence-corrected chi connectivity index (χ3v) is 3.44. The van der Waals surface area contributed by atoms with E-state index in [0.717, 1.165) is 7.11 Å². The van der Waals surface area contributed by atoms with E-state index in [2.05, 4.69) is 4.74 Å². The van der Waals surface area contributed by atoms with E-state index in [1.165, 1.54) is 18.2 Å². The third-order valence-electron chi connectivity index (χ3n) is 3.44. The van der Waals surface area contributed by atoms with Gasteiger partial charge in [0.1, 0.15) is 6.10 Å². The lowest BCUT2D eigenvalue weighted by atomic mass is 9.96. The van der Waals surface area contributed by atoms with Gasteiger partial charge in [0.05, 0.1) is 7.11 Å². The molecule has 0 aliphatic rings. The van der Waals surface area contributed by atoms with Crippen LogP contribution < -0.4 is 5.73 Å². The predicted molar refractivity (Wildman–Crippen MR) is 83.7 cm³/mol. The maximum Gasteiger partial charge on any atom is 0.337 e. The quantitative estimate of drug-likeness (QED) is 0.432. The second-order valence-corrected chi connectivity index (χ2v) is 4.95. The van der Waals surface area contributed by atoms with Crippen molar-refractivity contribution in [3.05, 3.63) is 65.2 Å². The van der Waals surface area contributed by atoms with Crippen LogP contribution in [0.25, 0.3) is 0 Å². The predicted octanol–water partition coefficient (Wildman–Crippen LogP) is 1.07. The van der Waals surface area contributed by atoms with Crippen molar-refractivity contribution in [2.45, 2.75) is 12.2 Å². The number of carbonyl (C=O) groups is 2. The summed E-state index contributed by atoms with van der Waals surface area (Å²) in [5.74, 6) is -1.28. The molecule has 2 unspecified atom stereocenters. The second kappa shape index (κ2) is 7.04. The van der Waals surface area contributed by atoms with Gasteiger partial charge in [-0.3, -0.25) is 4.79 Å². The lowest BCUT2D eigenvalue weighted by molar-refractivity contribution is -0.156. The first kappa shape index (κ1) is 16.7. The third kappa shape index (κ3) is 3.56. The molecule has 0 spiro atoms. The topological polar surface area (TPSA) is 110 Å². The first-order valence-electron chi connectivity index (χ1n) is 6.89. The van der Waals surface area contributed by atoms with Gasteiger partial charge >= 0.3 is 5.97 Å². The molecule has 2 rings (SSSR count). The first-order chi connectivity index (χ1) is 11.0. The highest BCUT2D eigenvalue weighted by Crippen LogP contribution is 2.24. The fraction of sp³-hybridized carbons (Fsp3) is 0.176. The van der Waals surface area contributed by atoms with Crippen LogP contribution in [-0.4, -0.2) is 35.2 Å². The summed E-state index contributed by atoms with van der Waals surface area (Å²) in [6.45, 7) is 0. The van der Waals surface area contributed by atoms with Crippen LogP contribution in [-0.2, 0) is 9.53 Å². The van der Waals surface area contributed by atoms with E-state index >= 15 is 0 Å². The Balaban J connectivity index is 2.36. The number of aliphatic hydroxyl groups excluding tert-OH is 2. The Morgan fingerprint density at radius 1 is 1.09 bits per heavy atom. The molecule has 23 heavy (non-hydrogen) atoms. The molecule has 0 saturated heterocycles. The minimum atomic E-state index is -1.75. The normalized spacial score (nSPS) is 13.2. The molecule has 4 N–H and O–H groups in total. The fourth-order valence-corrected chi connectivity index (χ4v) is 2.13. The maximum absolute atomic E-state index is 12.5. The standard InChI is InChI=1S/C17H17NO5/c1-23-17(22)16(21)15(20)11-7-8-13(18)12(9-11)14(19)10-5-3-2-4-6-10/h2-9,15-16,20-21H,18H2,1H3. The molecule has 6 heteroatoms. The van der Waals surface area contributed by atoms with Gasteiger partial charge in [-0.25, -0.2) is 4.79 Å². The van der Waals surface area contributed by atoms with Crippen molar-refractivity contribution < 1.29 is 24.5 Å². The Kier molecular flexibility index (Phi) is 5.10. The highest BCUT2D eigenvalue weighted by atomic mass is 16.5. The average Bonchev–Trinajstić information content (AvgIpc) is 2.60. The summed E-state index contributed by atoms with van der Waals surface area (Å²) in [5, 5.41) is 19.8. The lowest BCUT2D eigenvalue weighted by Gasteiger charge is -2.17. The van der Waals surface area contributed by atoms with E-state index in [9.17, 15) is 19.8 Å². The molecular formula is C17H17NO5. The molecule has 0 aliphatic heterocycles. The summed E-state index contributed by atoms with van der Waals surface area (Å²) in [7, 11) is 1.10. The zero-order chi connectivity index (χ0) is 17.0. The second-order valence-electron chi connectivity index (χ2n) is 4.95. The van der Waals surface area contributed by atoms with Crippen molar-refractivity contribution in [1.29, 1.82) is 0 Å². The molecule has 0 aromatic heterocycles. The SMILES string of the molecule is COC(=O)C(O)C(O)c1ccc(N)c(C(=O)c2ccccc2)c1.